The summed E-state index contributed by atoms with van der Waals surface area (Å²) in [4.78, 5) is 3.53. The molecule has 0 spiro atoms. The first-order valence-electron chi connectivity index (χ1n) is 1.61. The first-order chi connectivity index (χ1) is 3.29. The maximum atomic E-state index is 5.04. The average molecular weight is 115 g/mol. The van der Waals surface area contributed by atoms with Gasteiger partial charge in [0.15, 0.2) is 0 Å². The summed E-state index contributed by atoms with van der Waals surface area (Å²) in [6.07, 6.45) is 0.171. The van der Waals surface area contributed by atoms with Crippen LogP contribution >= 0.6 is 12.6 Å². The minimum absolute atomic E-state index is 0.171. The lowest BCUT2D eigenvalue weighted by molar-refractivity contribution is 0.943. The maximum Gasteiger partial charge on any atom is 0.286 e. The van der Waals surface area contributed by atoms with Gasteiger partial charge >= 0.3 is 0 Å². The molecule has 0 bridgehead atoms. The third-order valence-electron chi connectivity index (χ3n) is 0.456. The largest absolute Gasteiger partial charge is 0.286 e. The van der Waals surface area contributed by atoms with E-state index in [0.717, 1.165) is 0 Å². The van der Waals surface area contributed by atoms with Crippen molar-refractivity contribution in [1.82, 2.24) is 0 Å². The van der Waals surface area contributed by atoms with Crippen LogP contribution in [0.5, 0.6) is 0 Å². The van der Waals surface area contributed by atoms with E-state index in [9.17, 15) is 0 Å². The van der Waals surface area contributed by atoms with Gasteiger partial charge in [0.1, 0.15) is 0 Å². The summed E-state index contributed by atoms with van der Waals surface area (Å²) in [6, 6.07) is 0. The highest BCUT2D eigenvalue weighted by Crippen LogP contribution is 2.06. The Morgan fingerprint density at radius 1 is 1.43 bits per heavy atom. The number of nitrogens with two attached hydrogens (primary N) is 1. The first kappa shape index (κ1) is 4.73. The fourth-order valence-electron chi connectivity index (χ4n) is 0.243. The molecular formula is C2H3N4S. The second-order valence-corrected chi connectivity index (χ2v) is 1.37. The quantitative estimate of drug-likeness (QED) is 0.433. The van der Waals surface area contributed by atoms with Crippen molar-refractivity contribution in [2.75, 3.05) is 0 Å². The molecule has 1 aliphatic heterocycles. The Kier molecular flexibility index (Phi) is 1.07. The summed E-state index contributed by atoms with van der Waals surface area (Å²) in [5.74, 6) is 0. The van der Waals surface area contributed by atoms with Gasteiger partial charge < -0.3 is 0 Å². The number of azo groups is 1. The van der Waals surface area contributed by atoms with Crippen LogP contribution in [0.4, 0.5) is 0 Å². The zero-order valence-electron chi connectivity index (χ0n) is 3.37. The number of amidine groups is 1. The van der Waals surface area contributed by atoms with Crippen LogP contribution in [0.3, 0.4) is 0 Å². The second-order valence-electron chi connectivity index (χ2n) is 0.970. The molecule has 5 heteroatoms. The van der Waals surface area contributed by atoms with Crippen molar-refractivity contribution < 1.29 is 0 Å². The molecule has 0 amide bonds. The molecule has 0 aromatic carbocycles. The molecule has 0 unspecified atom stereocenters. The van der Waals surface area contributed by atoms with Gasteiger partial charge in [-0.15, -0.1) is 22.9 Å². The molecule has 0 saturated heterocycles. The van der Waals surface area contributed by atoms with Gasteiger partial charge in [-0.05, 0) is 0 Å². The third-order valence-corrected chi connectivity index (χ3v) is 0.646. The van der Waals surface area contributed by atoms with E-state index in [1.807, 2.05) is 0 Å². The van der Waals surface area contributed by atoms with E-state index in [0.29, 0.717) is 5.17 Å². The summed E-state index contributed by atoms with van der Waals surface area (Å²) in [6.45, 7) is 0. The van der Waals surface area contributed by atoms with E-state index in [1.165, 1.54) is 0 Å². The van der Waals surface area contributed by atoms with E-state index in [-0.39, 0.29) is 6.29 Å². The molecule has 0 atom stereocenters. The maximum absolute atomic E-state index is 5.04. The smallest absolute Gasteiger partial charge is 0.282 e. The summed E-state index contributed by atoms with van der Waals surface area (Å²) >= 11 is 3.74. The van der Waals surface area contributed by atoms with Gasteiger partial charge in [-0.2, -0.15) is 0 Å². The van der Waals surface area contributed by atoms with Gasteiger partial charge in [0.25, 0.3) is 6.29 Å². The first-order valence-corrected chi connectivity index (χ1v) is 2.05. The molecule has 0 fully saturated rings. The molecule has 1 rings (SSSR count). The Morgan fingerprint density at radius 3 is 2.29 bits per heavy atom. The van der Waals surface area contributed by atoms with Crippen molar-refractivity contribution in [1.29, 1.82) is 0 Å². The highest BCUT2D eigenvalue weighted by molar-refractivity contribution is 7.96. The van der Waals surface area contributed by atoms with Gasteiger partial charge in [-0.25, -0.2) is 4.99 Å². The Bertz CT molecular complexity index is 128. The molecule has 37 valence electrons. The van der Waals surface area contributed by atoms with Crippen molar-refractivity contribution in [2.45, 2.75) is 0 Å². The number of rotatable bonds is 0. The van der Waals surface area contributed by atoms with Crippen LogP contribution in [-0.4, -0.2) is 5.17 Å². The molecule has 7 heavy (non-hydrogen) atoms. The van der Waals surface area contributed by atoms with Crippen LogP contribution in [0.2, 0.25) is 0 Å². The minimum Gasteiger partial charge on any atom is -0.282 e. The highest BCUT2D eigenvalue weighted by atomic mass is 32.1. The monoisotopic (exact) mass is 115 g/mol. The summed E-state index contributed by atoms with van der Waals surface area (Å²) < 4.78 is 0. The van der Waals surface area contributed by atoms with Crippen LogP contribution in [0.25, 0.3) is 0 Å². The zero-order valence-corrected chi connectivity index (χ0v) is 4.26. The van der Waals surface area contributed by atoms with E-state index in [1.54, 1.807) is 0 Å². The zero-order chi connectivity index (χ0) is 5.28. The predicted molar refractivity (Wildman–Crippen MR) is 28.7 cm³/mol. The summed E-state index contributed by atoms with van der Waals surface area (Å²) in [5.41, 5.74) is 5.04. The summed E-state index contributed by atoms with van der Waals surface area (Å²) in [5, 5.41) is 7.07. The van der Waals surface area contributed by atoms with Gasteiger partial charge in [-0.1, -0.05) is 0 Å². The van der Waals surface area contributed by atoms with Crippen LogP contribution in [0, 0.1) is 6.29 Å². The van der Waals surface area contributed by atoms with Crippen LogP contribution in [0.1, 0.15) is 0 Å². The highest BCUT2D eigenvalue weighted by Gasteiger charge is 2.05. The van der Waals surface area contributed by atoms with Crippen molar-refractivity contribution in [2.24, 2.45) is 21.0 Å². The fourth-order valence-corrected chi connectivity index (χ4v) is 0.390. The molecule has 1 aliphatic rings. The molecule has 0 aromatic heterocycles. The molecule has 0 aromatic rings. The van der Waals surface area contributed by atoms with E-state index < -0.39 is 0 Å². The Morgan fingerprint density at radius 2 is 2.14 bits per heavy atom. The van der Waals surface area contributed by atoms with Crippen LogP contribution in [0.15, 0.2) is 15.2 Å². The number of hydrogen-bond donors (Lipinski definition) is 2. The molecule has 1 heterocycles. The van der Waals surface area contributed by atoms with Gasteiger partial charge in [0.05, 0.1) is 0 Å². The molecule has 1 radical (unpaired) electrons. The average Bonchev–Trinajstić information content (AvgIpc) is 1.87. The minimum atomic E-state index is 0.171. The number of aliphatic imine (C=N–C) groups is 1. The lowest BCUT2D eigenvalue weighted by Crippen LogP contribution is -1.98. The van der Waals surface area contributed by atoms with Crippen molar-refractivity contribution in [3.05, 3.63) is 6.29 Å². The summed E-state index contributed by atoms with van der Waals surface area (Å²) in [7, 11) is 0. The Balaban J connectivity index is 2.69. The van der Waals surface area contributed by atoms with Crippen molar-refractivity contribution >= 4 is 17.8 Å². The third kappa shape index (κ3) is 0.971. The van der Waals surface area contributed by atoms with Gasteiger partial charge in [0, 0.05) is 0 Å². The van der Waals surface area contributed by atoms with E-state index in [2.05, 4.69) is 27.8 Å². The van der Waals surface area contributed by atoms with Crippen LogP contribution < -0.4 is 5.73 Å². The lowest BCUT2D eigenvalue weighted by atomic mass is 11.0. The van der Waals surface area contributed by atoms with Gasteiger partial charge in [-0.3, -0.25) is 5.73 Å². The SMILES string of the molecule is N[C]1N=NC(S)=N1. The predicted octanol–water partition coefficient (Wildman–Crippen LogP) is 0.144. The van der Waals surface area contributed by atoms with Crippen molar-refractivity contribution in [3.63, 3.8) is 0 Å². The molecule has 4 nitrogen and oxygen atoms in total. The normalized spacial score (nSPS) is 20.6. The van der Waals surface area contributed by atoms with Gasteiger partial charge in [0.2, 0.25) is 5.17 Å². The molecule has 2 N–H and O–H groups in total. The fraction of sp³-hybridized carbons (Fsp3) is 0. The van der Waals surface area contributed by atoms with E-state index in [4.69, 9.17) is 5.73 Å². The Labute approximate surface area is 45.9 Å². The van der Waals surface area contributed by atoms with E-state index >= 15 is 0 Å². The Hall–Kier alpha value is -0.420. The molecule has 0 saturated carbocycles. The lowest BCUT2D eigenvalue weighted by Gasteiger charge is -1.79. The van der Waals surface area contributed by atoms with Crippen LogP contribution in [-0.2, 0) is 0 Å². The molecular weight excluding hydrogens is 112 g/mol. The second kappa shape index (κ2) is 1.59. The standard InChI is InChI=1S/C2H3N4S/c3-1-4-2(7)6-5-1/h3H2,(H,4,7). The van der Waals surface area contributed by atoms with Crippen molar-refractivity contribution in [3.8, 4) is 0 Å². The number of thiol groups is 1. The number of hydrogen-bond acceptors (Lipinski definition) is 4. The topological polar surface area (TPSA) is 63.1 Å². The number of nitrogens with zero attached hydrogens (tertiary/aromatic N) is 3. The molecule has 0 aliphatic carbocycles.